The molecule has 1 fully saturated rings. The van der Waals surface area contributed by atoms with E-state index in [-0.39, 0.29) is 0 Å². The average Bonchev–Trinajstić information content (AvgIpc) is 2.54. The molecule has 1 aromatic carbocycles. The molecule has 0 radical (unpaired) electrons. The van der Waals surface area contributed by atoms with Gasteiger partial charge >= 0.3 is 0 Å². The van der Waals surface area contributed by atoms with Crippen LogP contribution in [0.4, 0.5) is 0 Å². The zero-order chi connectivity index (χ0) is 16.4. The highest BCUT2D eigenvalue weighted by atomic mass is 35.5. The maximum absolute atomic E-state index is 10.8. The molecule has 22 heavy (non-hydrogen) atoms. The monoisotopic (exact) mass is 322 g/mol. The van der Waals surface area contributed by atoms with Crippen LogP contribution in [0.3, 0.4) is 0 Å². The number of nitrogens with one attached hydrogen (secondary N) is 1. The smallest absolute Gasteiger partial charge is 0.150 e. The summed E-state index contributed by atoms with van der Waals surface area (Å²) in [6.07, 6.45) is 8.34. The van der Waals surface area contributed by atoms with Crippen molar-refractivity contribution in [2.24, 2.45) is 5.84 Å². The van der Waals surface area contributed by atoms with Crippen molar-refractivity contribution in [3.63, 3.8) is 0 Å². The lowest BCUT2D eigenvalue weighted by Crippen LogP contribution is -2.14. The van der Waals surface area contributed by atoms with Crippen LogP contribution in [0.15, 0.2) is 37.1 Å². The number of hydrazine groups is 1. The summed E-state index contributed by atoms with van der Waals surface area (Å²) in [5.74, 6) is 5.18. The highest BCUT2D eigenvalue weighted by Gasteiger charge is 2.06. The fraction of sp³-hybridized carbons (Fsp3) is 0.353. The van der Waals surface area contributed by atoms with Gasteiger partial charge in [-0.05, 0) is 55.5 Å². The maximum atomic E-state index is 10.8. The molecule has 0 amide bonds. The molecule has 1 aromatic rings. The van der Waals surface area contributed by atoms with E-state index in [2.05, 4.69) is 18.9 Å². The lowest BCUT2D eigenvalue weighted by atomic mass is 10.0. The Morgan fingerprint density at radius 1 is 1.50 bits per heavy atom. The van der Waals surface area contributed by atoms with Gasteiger partial charge in [0.15, 0.2) is 6.29 Å². The first-order valence-corrected chi connectivity index (χ1v) is 7.65. The Kier molecular flexibility index (Phi) is 8.51. The van der Waals surface area contributed by atoms with Crippen LogP contribution in [0.2, 0.25) is 5.02 Å². The van der Waals surface area contributed by atoms with Gasteiger partial charge in [-0.3, -0.25) is 10.6 Å². The fourth-order valence-electron chi connectivity index (χ4n) is 2.12. The average molecular weight is 323 g/mol. The molecule has 1 atom stereocenters. The molecule has 1 aliphatic heterocycles. The topological polar surface area (TPSA) is 64.3 Å². The lowest BCUT2D eigenvalue weighted by molar-refractivity contribution is 0.0285. The number of nitrogens with two attached hydrogens (primary N) is 1. The van der Waals surface area contributed by atoms with Crippen LogP contribution in [0.25, 0.3) is 5.57 Å². The molecule has 0 saturated carbocycles. The largest absolute Gasteiger partial charge is 0.379 e. The van der Waals surface area contributed by atoms with E-state index < -0.39 is 0 Å². The summed E-state index contributed by atoms with van der Waals surface area (Å²) in [7, 11) is 0. The van der Waals surface area contributed by atoms with Gasteiger partial charge in [0.05, 0.1) is 6.10 Å². The Labute approximate surface area is 137 Å². The van der Waals surface area contributed by atoms with Gasteiger partial charge in [-0.25, -0.2) is 0 Å². The summed E-state index contributed by atoms with van der Waals surface area (Å²) in [5, 5.41) is 0.556. The number of aldehydes is 1. The van der Waals surface area contributed by atoms with Crippen molar-refractivity contribution in [1.29, 1.82) is 0 Å². The summed E-state index contributed by atoms with van der Waals surface area (Å²) in [5.41, 5.74) is 4.35. The van der Waals surface area contributed by atoms with Crippen molar-refractivity contribution in [3.05, 3.63) is 53.2 Å². The molecule has 3 N–H and O–H groups in total. The number of carbonyl (C=O) groups is 1. The van der Waals surface area contributed by atoms with E-state index in [0.717, 1.165) is 12.9 Å². The van der Waals surface area contributed by atoms with Gasteiger partial charge in [-0.2, -0.15) is 0 Å². The van der Waals surface area contributed by atoms with Gasteiger partial charge in [0.25, 0.3) is 0 Å². The maximum Gasteiger partial charge on any atom is 0.150 e. The molecule has 0 spiro atoms. The van der Waals surface area contributed by atoms with E-state index in [1.807, 2.05) is 0 Å². The van der Waals surface area contributed by atoms with Crippen LogP contribution in [0.1, 0.15) is 42.1 Å². The minimum atomic E-state index is 0.536. The predicted octanol–water partition coefficient (Wildman–Crippen LogP) is 3.72. The second-order valence-corrected chi connectivity index (χ2v) is 5.43. The summed E-state index contributed by atoms with van der Waals surface area (Å²) < 4.78 is 5.28. The lowest BCUT2D eigenvalue weighted by Gasteiger charge is -2.17. The molecule has 5 heteroatoms. The number of hydrogen-bond acceptors (Lipinski definition) is 4. The van der Waals surface area contributed by atoms with Crippen molar-refractivity contribution in [2.75, 3.05) is 6.61 Å². The standard InChI is InChI=1S/C11H11ClN2O.C6H12O/c1-2-8(6-14-13)11-5-10(12)4-3-9(11)7-15;1-6-4-2-3-5-7-6/h2-7,14H,1,13H2;6H,2-5H2,1H3/b8-6+;. The molecule has 2 rings (SSSR count). The molecule has 0 aromatic heterocycles. The van der Waals surface area contributed by atoms with Crippen molar-refractivity contribution < 1.29 is 9.53 Å². The molecular weight excluding hydrogens is 300 g/mol. The highest BCUT2D eigenvalue weighted by molar-refractivity contribution is 6.30. The van der Waals surface area contributed by atoms with E-state index in [1.165, 1.54) is 19.3 Å². The van der Waals surface area contributed by atoms with Gasteiger partial charge in [0, 0.05) is 23.4 Å². The van der Waals surface area contributed by atoms with Crippen molar-refractivity contribution in [2.45, 2.75) is 32.3 Å². The Hall–Kier alpha value is -1.62. The van der Waals surface area contributed by atoms with Crippen LogP contribution in [-0.4, -0.2) is 19.0 Å². The molecule has 1 aliphatic rings. The van der Waals surface area contributed by atoms with Crippen LogP contribution in [-0.2, 0) is 4.74 Å². The number of rotatable bonds is 4. The van der Waals surface area contributed by atoms with Crippen molar-refractivity contribution in [3.8, 4) is 0 Å². The Morgan fingerprint density at radius 2 is 2.27 bits per heavy atom. The van der Waals surface area contributed by atoms with Gasteiger partial charge in [0.2, 0.25) is 0 Å². The van der Waals surface area contributed by atoms with E-state index in [0.29, 0.717) is 27.8 Å². The molecule has 120 valence electrons. The third-order valence-electron chi connectivity index (χ3n) is 3.32. The minimum Gasteiger partial charge on any atom is -0.379 e. The number of ether oxygens (including phenoxy) is 1. The quantitative estimate of drug-likeness (QED) is 0.384. The van der Waals surface area contributed by atoms with E-state index in [4.69, 9.17) is 22.2 Å². The molecule has 0 bridgehead atoms. The number of allylic oxidation sites excluding steroid dienone is 2. The molecule has 4 nitrogen and oxygen atoms in total. The Morgan fingerprint density at radius 3 is 2.73 bits per heavy atom. The van der Waals surface area contributed by atoms with Crippen LogP contribution in [0, 0.1) is 0 Å². The van der Waals surface area contributed by atoms with Gasteiger partial charge < -0.3 is 10.2 Å². The molecular formula is C17H23ClN2O2. The summed E-state index contributed by atoms with van der Waals surface area (Å²) in [6, 6.07) is 5.00. The number of benzene rings is 1. The first kappa shape index (κ1) is 18.4. The van der Waals surface area contributed by atoms with E-state index in [1.54, 1.807) is 30.5 Å². The Balaban J connectivity index is 0.000000287. The first-order valence-electron chi connectivity index (χ1n) is 7.27. The minimum absolute atomic E-state index is 0.536. The van der Waals surface area contributed by atoms with Crippen LogP contribution in [0.5, 0.6) is 0 Å². The van der Waals surface area contributed by atoms with Gasteiger partial charge in [0.1, 0.15) is 0 Å². The van der Waals surface area contributed by atoms with Crippen molar-refractivity contribution in [1.82, 2.24) is 5.43 Å². The Bertz CT molecular complexity index is 523. The van der Waals surface area contributed by atoms with Crippen molar-refractivity contribution >= 4 is 23.5 Å². The molecule has 1 saturated heterocycles. The summed E-state index contributed by atoms with van der Waals surface area (Å²) in [4.78, 5) is 10.8. The third-order valence-corrected chi connectivity index (χ3v) is 3.55. The SMILES string of the molecule is C=C/C(=C\NN)c1cc(Cl)ccc1C=O.CC1CCCCO1. The van der Waals surface area contributed by atoms with E-state index >= 15 is 0 Å². The number of carbonyl (C=O) groups excluding carboxylic acids is 1. The fourth-order valence-corrected chi connectivity index (χ4v) is 2.29. The zero-order valence-corrected chi connectivity index (χ0v) is 13.6. The molecule has 1 unspecified atom stereocenters. The third kappa shape index (κ3) is 6.02. The van der Waals surface area contributed by atoms with Crippen LogP contribution >= 0.6 is 11.6 Å². The normalized spacial score (nSPS) is 18.0. The second kappa shape index (κ2) is 10.2. The zero-order valence-electron chi connectivity index (χ0n) is 12.8. The van der Waals surface area contributed by atoms with Gasteiger partial charge in [-0.1, -0.05) is 24.3 Å². The van der Waals surface area contributed by atoms with Crippen LogP contribution < -0.4 is 11.3 Å². The highest BCUT2D eigenvalue weighted by Crippen LogP contribution is 2.22. The second-order valence-electron chi connectivity index (χ2n) is 5.00. The van der Waals surface area contributed by atoms with Gasteiger partial charge in [-0.15, -0.1) is 0 Å². The first-order chi connectivity index (χ1) is 10.6. The summed E-state index contributed by atoms with van der Waals surface area (Å²) >= 11 is 5.85. The van der Waals surface area contributed by atoms with E-state index in [9.17, 15) is 4.79 Å². The predicted molar refractivity (Wildman–Crippen MR) is 91.6 cm³/mol. The molecule has 0 aliphatic carbocycles. The number of halogens is 1. The summed E-state index contributed by atoms with van der Waals surface area (Å²) in [6.45, 7) is 6.76. The number of hydrogen-bond donors (Lipinski definition) is 2. The molecule has 1 heterocycles.